The topological polar surface area (TPSA) is 55.8 Å². The highest BCUT2D eigenvalue weighted by Gasteiger charge is 2.29. The lowest BCUT2D eigenvalue weighted by Crippen LogP contribution is -2.24. The summed E-state index contributed by atoms with van der Waals surface area (Å²) in [6.07, 6.45) is 3.50. The van der Waals surface area contributed by atoms with Crippen molar-refractivity contribution in [3.8, 4) is 11.5 Å². The van der Waals surface area contributed by atoms with E-state index in [1.807, 2.05) is 12.1 Å². The fraction of sp³-hybridized carbons (Fsp3) is 0.500. The molecule has 1 heterocycles. The number of carboxylic acids is 1. The molecule has 0 amide bonds. The van der Waals surface area contributed by atoms with Crippen molar-refractivity contribution in [3.63, 3.8) is 0 Å². The van der Waals surface area contributed by atoms with Crippen molar-refractivity contribution in [1.82, 2.24) is 0 Å². The van der Waals surface area contributed by atoms with E-state index in [0.717, 1.165) is 17.9 Å². The molecule has 1 atom stereocenters. The lowest BCUT2D eigenvalue weighted by molar-refractivity contribution is -0.144. The number of rotatable bonds is 4. The Balaban J connectivity index is 1.65. The molecule has 1 aromatic carbocycles. The van der Waals surface area contributed by atoms with E-state index in [2.05, 4.69) is 0 Å². The fourth-order valence-corrected chi connectivity index (χ4v) is 2.31. The van der Waals surface area contributed by atoms with Crippen molar-refractivity contribution in [3.05, 3.63) is 23.8 Å². The number of hydrogen-bond acceptors (Lipinski definition) is 3. The van der Waals surface area contributed by atoms with Gasteiger partial charge < -0.3 is 14.6 Å². The Labute approximate surface area is 106 Å². The summed E-state index contributed by atoms with van der Waals surface area (Å²) >= 11 is 0. The highest BCUT2D eigenvalue weighted by molar-refractivity contribution is 5.74. The molecule has 4 heteroatoms. The first-order valence-corrected chi connectivity index (χ1v) is 6.37. The van der Waals surface area contributed by atoms with Crippen LogP contribution in [0.4, 0.5) is 0 Å². The van der Waals surface area contributed by atoms with Gasteiger partial charge in [0.2, 0.25) is 0 Å². The lowest BCUT2D eigenvalue weighted by atomic mass is 9.86. The van der Waals surface area contributed by atoms with Crippen LogP contribution >= 0.6 is 0 Å². The Morgan fingerprint density at radius 1 is 1.44 bits per heavy atom. The predicted molar refractivity (Wildman–Crippen MR) is 65.0 cm³/mol. The summed E-state index contributed by atoms with van der Waals surface area (Å²) in [6.45, 7) is 0.751. The van der Waals surface area contributed by atoms with Crippen molar-refractivity contribution < 1.29 is 19.4 Å². The van der Waals surface area contributed by atoms with Gasteiger partial charge in [0, 0.05) is 12.5 Å². The minimum atomic E-state index is -0.914. The molecule has 0 radical (unpaired) electrons. The average Bonchev–Trinajstić information content (AvgIpc) is 2.70. The molecule has 0 spiro atoms. The molecule has 1 saturated carbocycles. The maximum Gasteiger partial charge on any atom is 0.345 e. The van der Waals surface area contributed by atoms with Gasteiger partial charge in [0.25, 0.3) is 0 Å². The van der Waals surface area contributed by atoms with Crippen LogP contribution in [0.3, 0.4) is 0 Å². The summed E-state index contributed by atoms with van der Waals surface area (Å²) in [5.74, 6) is 1.19. The third-order valence-electron chi connectivity index (χ3n) is 3.70. The monoisotopic (exact) mass is 248 g/mol. The molecular weight excluding hydrogens is 232 g/mol. The molecule has 96 valence electrons. The number of ether oxygens (including phenoxy) is 2. The number of carbonyl (C=O) groups is 1. The van der Waals surface area contributed by atoms with Crippen LogP contribution in [0, 0.1) is 5.92 Å². The Hall–Kier alpha value is -1.71. The van der Waals surface area contributed by atoms with Crippen LogP contribution in [0.25, 0.3) is 0 Å². The largest absolute Gasteiger partial charge is 0.493 e. The van der Waals surface area contributed by atoms with Crippen molar-refractivity contribution in [2.45, 2.75) is 31.8 Å². The Morgan fingerprint density at radius 2 is 2.28 bits per heavy atom. The van der Waals surface area contributed by atoms with E-state index < -0.39 is 12.1 Å². The third kappa shape index (κ3) is 2.15. The quantitative estimate of drug-likeness (QED) is 0.888. The Bertz CT molecular complexity index is 465. The van der Waals surface area contributed by atoms with Gasteiger partial charge in [0.1, 0.15) is 11.5 Å². The maximum absolute atomic E-state index is 10.9. The Morgan fingerprint density at radius 3 is 2.94 bits per heavy atom. The van der Waals surface area contributed by atoms with Gasteiger partial charge in [-0.25, -0.2) is 4.79 Å². The SMILES string of the molecule is O=C(O)C1Cc2ccc(OCC3CCC3)cc2O1. The minimum Gasteiger partial charge on any atom is -0.493 e. The highest BCUT2D eigenvalue weighted by atomic mass is 16.5. The first-order chi connectivity index (χ1) is 8.72. The smallest absolute Gasteiger partial charge is 0.345 e. The van der Waals surface area contributed by atoms with Crippen LogP contribution < -0.4 is 9.47 Å². The molecule has 1 unspecified atom stereocenters. The average molecular weight is 248 g/mol. The van der Waals surface area contributed by atoms with Crippen LogP contribution in [0.1, 0.15) is 24.8 Å². The molecule has 1 aliphatic heterocycles. The van der Waals surface area contributed by atoms with Gasteiger partial charge in [-0.2, -0.15) is 0 Å². The van der Waals surface area contributed by atoms with Crippen LogP contribution in [-0.4, -0.2) is 23.8 Å². The minimum absolute atomic E-state index is 0.438. The molecule has 18 heavy (non-hydrogen) atoms. The summed E-state index contributed by atoms with van der Waals surface area (Å²) in [5, 5.41) is 8.91. The molecule has 1 N–H and O–H groups in total. The number of hydrogen-bond donors (Lipinski definition) is 1. The second-order valence-electron chi connectivity index (χ2n) is 5.03. The number of carboxylic acid groups (broad SMARTS) is 1. The Kier molecular flexibility index (Phi) is 2.86. The molecular formula is C14H16O4. The molecule has 3 rings (SSSR count). The van der Waals surface area contributed by atoms with Gasteiger partial charge in [-0.3, -0.25) is 0 Å². The van der Waals surface area contributed by atoms with E-state index in [0.29, 0.717) is 18.1 Å². The van der Waals surface area contributed by atoms with Gasteiger partial charge >= 0.3 is 5.97 Å². The first-order valence-electron chi connectivity index (χ1n) is 6.37. The second kappa shape index (κ2) is 4.52. The molecule has 0 bridgehead atoms. The summed E-state index contributed by atoms with van der Waals surface area (Å²) in [7, 11) is 0. The van der Waals surface area contributed by atoms with Crippen LogP contribution in [0.15, 0.2) is 18.2 Å². The third-order valence-corrected chi connectivity index (χ3v) is 3.70. The van der Waals surface area contributed by atoms with Crippen molar-refractivity contribution in [2.75, 3.05) is 6.61 Å². The van der Waals surface area contributed by atoms with Crippen LogP contribution in [-0.2, 0) is 11.2 Å². The van der Waals surface area contributed by atoms with Crippen molar-refractivity contribution in [2.24, 2.45) is 5.92 Å². The van der Waals surface area contributed by atoms with Gasteiger partial charge in [0.05, 0.1) is 6.61 Å². The van der Waals surface area contributed by atoms with E-state index in [9.17, 15) is 4.79 Å². The van der Waals surface area contributed by atoms with Crippen LogP contribution in [0.2, 0.25) is 0 Å². The summed E-state index contributed by atoms with van der Waals surface area (Å²) in [4.78, 5) is 10.9. The number of aliphatic carboxylic acids is 1. The van der Waals surface area contributed by atoms with E-state index in [1.165, 1.54) is 19.3 Å². The van der Waals surface area contributed by atoms with Gasteiger partial charge in [-0.15, -0.1) is 0 Å². The van der Waals surface area contributed by atoms with Gasteiger partial charge in [-0.05, 0) is 30.4 Å². The van der Waals surface area contributed by atoms with E-state index >= 15 is 0 Å². The fourth-order valence-electron chi connectivity index (χ4n) is 2.31. The predicted octanol–water partition coefficient (Wildman–Crippen LogP) is 2.25. The zero-order valence-electron chi connectivity index (χ0n) is 10.1. The summed E-state index contributed by atoms with van der Waals surface area (Å²) in [5.41, 5.74) is 0.943. The van der Waals surface area contributed by atoms with Crippen LogP contribution in [0.5, 0.6) is 11.5 Å². The molecule has 4 nitrogen and oxygen atoms in total. The maximum atomic E-state index is 10.9. The molecule has 1 fully saturated rings. The zero-order chi connectivity index (χ0) is 12.5. The first kappa shape index (κ1) is 11.4. The summed E-state index contributed by atoms with van der Waals surface area (Å²) < 4.78 is 11.1. The normalized spacial score (nSPS) is 21.9. The number of benzene rings is 1. The van der Waals surface area contributed by atoms with Gasteiger partial charge in [-0.1, -0.05) is 12.5 Å². The summed E-state index contributed by atoms with van der Waals surface area (Å²) in [6, 6.07) is 5.59. The highest BCUT2D eigenvalue weighted by Crippen LogP contribution is 2.33. The number of fused-ring (bicyclic) bond motifs is 1. The second-order valence-corrected chi connectivity index (χ2v) is 5.03. The zero-order valence-corrected chi connectivity index (χ0v) is 10.1. The van der Waals surface area contributed by atoms with E-state index in [4.69, 9.17) is 14.6 Å². The van der Waals surface area contributed by atoms with Crippen molar-refractivity contribution in [1.29, 1.82) is 0 Å². The lowest BCUT2D eigenvalue weighted by Gasteiger charge is -2.25. The van der Waals surface area contributed by atoms with Crippen molar-refractivity contribution >= 4 is 5.97 Å². The standard InChI is InChI=1S/C14H16O4/c15-14(16)13-6-10-4-5-11(7-12(10)18-13)17-8-9-2-1-3-9/h4-5,7,9,13H,1-3,6,8H2,(H,15,16). The molecule has 0 aromatic heterocycles. The molecule has 1 aliphatic carbocycles. The molecule has 1 aromatic rings. The van der Waals surface area contributed by atoms with Gasteiger partial charge in [0.15, 0.2) is 6.10 Å². The molecule has 0 saturated heterocycles. The molecule has 2 aliphatic rings. The van der Waals surface area contributed by atoms with E-state index in [1.54, 1.807) is 6.07 Å². The van der Waals surface area contributed by atoms with E-state index in [-0.39, 0.29) is 0 Å².